The van der Waals surface area contributed by atoms with Crippen molar-refractivity contribution in [3.8, 4) is 0 Å². The first-order chi connectivity index (χ1) is 18.2. The molecule has 7 nitrogen and oxygen atoms in total. The summed E-state index contributed by atoms with van der Waals surface area (Å²) in [4.78, 5) is 27.2. The number of amides is 2. The first kappa shape index (κ1) is 29.7. The number of sulfonamides is 1. The van der Waals surface area contributed by atoms with E-state index in [9.17, 15) is 31.2 Å². The normalized spacial score (nSPS) is 12.5. The van der Waals surface area contributed by atoms with Gasteiger partial charge in [-0.15, -0.1) is 0 Å². The molecule has 0 bridgehead atoms. The number of rotatable bonds is 9. The van der Waals surface area contributed by atoms with Crippen LogP contribution < -0.4 is 9.62 Å². The SMILES string of the molecule is CNC(=O)C(C)N(Cc1cccc(C)c1)C(=O)CN(c1cccc(C(F)(F)F)c1)S(=O)(=O)c1ccc(C)cc1. The van der Waals surface area contributed by atoms with Gasteiger partial charge in [-0.25, -0.2) is 8.42 Å². The van der Waals surface area contributed by atoms with E-state index >= 15 is 0 Å². The fourth-order valence-electron chi connectivity index (χ4n) is 4.00. The molecule has 0 radical (unpaired) electrons. The molecule has 1 unspecified atom stereocenters. The predicted molar refractivity (Wildman–Crippen MR) is 142 cm³/mol. The molecule has 0 aliphatic rings. The maximum atomic E-state index is 13.7. The molecule has 1 N–H and O–H groups in total. The van der Waals surface area contributed by atoms with E-state index in [2.05, 4.69) is 5.32 Å². The third kappa shape index (κ3) is 7.17. The van der Waals surface area contributed by atoms with Crippen molar-refractivity contribution in [3.63, 3.8) is 0 Å². The number of carbonyl (C=O) groups is 2. The molecule has 0 saturated carbocycles. The van der Waals surface area contributed by atoms with Gasteiger partial charge in [0.1, 0.15) is 12.6 Å². The lowest BCUT2D eigenvalue weighted by Gasteiger charge is -2.32. The van der Waals surface area contributed by atoms with Gasteiger partial charge >= 0.3 is 6.18 Å². The highest BCUT2D eigenvalue weighted by atomic mass is 32.2. The molecular formula is C28H30F3N3O4S. The number of likely N-dealkylation sites (N-methyl/N-ethyl adjacent to an activating group) is 1. The third-order valence-electron chi connectivity index (χ3n) is 6.20. The van der Waals surface area contributed by atoms with Gasteiger partial charge < -0.3 is 10.2 Å². The van der Waals surface area contributed by atoms with Gasteiger partial charge in [-0.05, 0) is 56.7 Å². The number of anilines is 1. The zero-order chi connectivity index (χ0) is 29.0. The number of nitrogens with zero attached hydrogens (tertiary/aromatic N) is 2. The Morgan fingerprint density at radius 1 is 0.923 bits per heavy atom. The molecule has 0 saturated heterocycles. The van der Waals surface area contributed by atoms with Gasteiger partial charge in [0, 0.05) is 13.6 Å². The molecule has 0 heterocycles. The van der Waals surface area contributed by atoms with E-state index in [-0.39, 0.29) is 17.1 Å². The van der Waals surface area contributed by atoms with Gasteiger partial charge in [0.05, 0.1) is 16.1 Å². The van der Waals surface area contributed by atoms with E-state index in [1.165, 1.54) is 37.1 Å². The summed E-state index contributed by atoms with van der Waals surface area (Å²) in [6.45, 7) is 4.27. The molecular weight excluding hydrogens is 531 g/mol. The molecule has 1 atom stereocenters. The minimum Gasteiger partial charge on any atom is -0.357 e. The van der Waals surface area contributed by atoms with Crippen LogP contribution in [-0.2, 0) is 32.3 Å². The van der Waals surface area contributed by atoms with Crippen molar-refractivity contribution in [1.29, 1.82) is 0 Å². The number of carbonyl (C=O) groups excluding carboxylic acids is 2. The highest BCUT2D eigenvalue weighted by molar-refractivity contribution is 7.92. The lowest BCUT2D eigenvalue weighted by Crippen LogP contribution is -2.50. The summed E-state index contributed by atoms with van der Waals surface area (Å²) in [6.07, 6.45) is -4.73. The smallest absolute Gasteiger partial charge is 0.357 e. The number of nitrogens with one attached hydrogen (secondary N) is 1. The Balaban J connectivity index is 2.10. The van der Waals surface area contributed by atoms with Crippen LogP contribution in [0.25, 0.3) is 0 Å². The number of hydrogen-bond acceptors (Lipinski definition) is 4. The third-order valence-corrected chi connectivity index (χ3v) is 7.99. The van der Waals surface area contributed by atoms with E-state index < -0.39 is 46.2 Å². The number of benzene rings is 3. The summed E-state index contributed by atoms with van der Waals surface area (Å²) in [7, 11) is -3.07. The van der Waals surface area contributed by atoms with Crippen LogP contribution in [-0.4, -0.2) is 44.8 Å². The van der Waals surface area contributed by atoms with E-state index in [1.807, 2.05) is 19.1 Å². The average Bonchev–Trinajstić information content (AvgIpc) is 2.89. The van der Waals surface area contributed by atoms with Crippen molar-refractivity contribution < 1.29 is 31.2 Å². The standard InChI is InChI=1S/C28H30F3N3O4S/c1-19-11-13-25(14-12-19)39(37,38)34(24-10-6-9-23(16-24)28(29,30)31)18-26(35)33(21(3)27(36)32-4)17-22-8-5-7-20(2)15-22/h5-16,21H,17-18H2,1-4H3,(H,32,36). The summed E-state index contributed by atoms with van der Waals surface area (Å²) in [5, 5.41) is 2.48. The maximum Gasteiger partial charge on any atom is 0.416 e. The number of halogens is 3. The first-order valence-corrected chi connectivity index (χ1v) is 13.5. The number of hydrogen-bond donors (Lipinski definition) is 1. The molecule has 208 valence electrons. The van der Waals surface area contributed by atoms with Gasteiger partial charge in [-0.3, -0.25) is 13.9 Å². The Morgan fingerprint density at radius 3 is 2.15 bits per heavy atom. The zero-order valence-corrected chi connectivity index (χ0v) is 22.8. The van der Waals surface area contributed by atoms with E-state index in [0.29, 0.717) is 15.9 Å². The van der Waals surface area contributed by atoms with Crippen molar-refractivity contribution in [1.82, 2.24) is 10.2 Å². The van der Waals surface area contributed by atoms with Crippen molar-refractivity contribution in [2.45, 2.75) is 44.4 Å². The van der Waals surface area contributed by atoms with Crippen molar-refractivity contribution in [2.75, 3.05) is 17.9 Å². The molecule has 3 aromatic carbocycles. The van der Waals surface area contributed by atoms with E-state index in [4.69, 9.17) is 0 Å². The Morgan fingerprint density at radius 2 is 1.56 bits per heavy atom. The van der Waals surface area contributed by atoms with Gasteiger partial charge in [0.25, 0.3) is 10.0 Å². The van der Waals surface area contributed by atoms with Crippen LogP contribution in [0.4, 0.5) is 18.9 Å². The summed E-state index contributed by atoms with van der Waals surface area (Å²) in [6, 6.07) is 15.8. The molecule has 2 amide bonds. The Hall–Kier alpha value is -3.86. The van der Waals surface area contributed by atoms with Crippen LogP contribution in [0, 0.1) is 13.8 Å². The van der Waals surface area contributed by atoms with Crippen molar-refractivity contribution in [3.05, 3.63) is 95.1 Å². The van der Waals surface area contributed by atoms with Crippen molar-refractivity contribution in [2.24, 2.45) is 0 Å². The second-order valence-corrected chi connectivity index (χ2v) is 11.0. The summed E-state index contributed by atoms with van der Waals surface area (Å²) < 4.78 is 68.6. The van der Waals surface area contributed by atoms with Gasteiger partial charge in [-0.2, -0.15) is 13.2 Å². The molecule has 0 aliphatic carbocycles. The molecule has 0 aliphatic heterocycles. The largest absolute Gasteiger partial charge is 0.416 e. The summed E-state index contributed by atoms with van der Waals surface area (Å²) in [5.74, 6) is -1.25. The molecule has 39 heavy (non-hydrogen) atoms. The monoisotopic (exact) mass is 561 g/mol. The first-order valence-electron chi connectivity index (χ1n) is 12.1. The number of aryl methyl sites for hydroxylation is 2. The van der Waals surface area contributed by atoms with Gasteiger partial charge in [0.15, 0.2) is 0 Å². The highest BCUT2D eigenvalue weighted by Crippen LogP contribution is 2.33. The Kier molecular flexibility index (Phi) is 9.06. The zero-order valence-electron chi connectivity index (χ0n) is 22.0. The Labute approximate surface area is 226 Å². The van der Waals surface area contributed by atoms with Crippen LogP contribution in [0.3, 0.4) is 0 Å². The molecule has 0 spiro atoms. The highest BCUT2D eigenvalue weighted by Gasteiger charge is 2.35. The van der Waals surface area contributed by atoms with Crippen LogP contribution in [0.15, 0.2) is 77.7 Å². The van der Waals surface area contributed by atoms with E-state index in [0.717, 1.165) is 23.3 Å². The Bertz CT molecular complexity index is 1440. The minimum atomic E-state index is -4.73. The second kappa shape index (κ2) is 11.9. The van der Waals surface area contributed by atoms with Crippen LogP contribution in [0.1, 0.15) is 29.2 Å². The summed E-state index contributed by atoms with van der Waals surface area (Å²) >= 11 is 0. The fraction of sp³-hybridized carbons (Fsp3) is 0.286. The average molecular weight is 562 g/mol. The van der Waals surface area contributed by atoms with Gasteiger partial charge in [-0.1, -0.05) is 53.6 Å². The quantitative estimate of drug-likeness (QED) is 0.411. The van der Waals surface area contributed by atoms with Crippen molar-refractivity contribution >= 4 is 27.5 Å². The van der Waals surface area contributed by atoms with Gasteiger partial charge in [0.2, 0.25) is 11.8 Å². The fourth-order valence-corrected chi connectivity index (χ4v) is 5.41. The predicted octanol–water partition coefficient (Wildman–Crippen LogP) is 4.68. The molecule has 3 aromatic rings. The van der Waals surface area contributed by atoms with Crippen LogP contribution in [0.2, 0.25) is 0 Å². The minimum absolute atomic E-state index is 0.0177. The maximum absolute atomic E-state index is 13.7. The topological polar surface area (TPSA) is 86.8 Å². The molecule has 11 heteroatoms. The number of alkyl halides is 3. The van der Waals surface area contributed by atoms with E-state index in [1.54, 1.807) is 31.2 Å². The lowest BCUT2D eigenvalue weighted by molar-refractivity contribution is -0.139. The molecule has 0 fully saturated rings. The molecule has 0 aromatic heterocycles. The summed E-state index contributed by atoms with van der Waals surface area (Å²) in [5.41, 5.74) is 0.999. The lowest BCUT2D eigenvalue weighted by atomic mass is 10.1. The molecule has 3 rings (SSSR count). The second-order valence-electron chi connectivity index (χ2n) is 9.17. The van der Waals surface area contributed by atoms with Crippen LogP contribution >= 0.6 is 0 Å². The van der Waals surface area contributed by atoms with Crippen LogP contribution in [0.5, 0.6) is 0 Å².